The van der Waals surface area contributed by atoms with E-state index in [0.717, 1.165) is 49.4 Å². The monoisotopic (exact) mass is 426 g/mol. The molecule has 30 heavy (non-hydrogen) atoms. The highest BCUT2D eigenvalue weighted by Crippen LogP contribution is 2.38. The molecule has 7 heteroatoms. The third kappa shape index (κ3) is 3.78. The van der Waals surface area contributed by atoms with Crippen molar-refractivity contribution in [2.45, 2.75) is 44.7 Å². The van der Waals surface area contributed by atoms with Crippen molar-refractivity contribution in [1.82, 2.24) is 9.80 Å². The predicted octanol–water partition coefficient (Wildman–Crippen LogP) is 3.55. The van der Waals surface area contributed by atoms with E-state index in [4.69, 9.17) is 9.47 Å². The minimum Gasteiger partial charge on any atom is -0.486 e. The van der Waals surface area contributed by atoms with Crippen molar-refractivity contribution in [3.05, 3.63) is 45.6 Å². The van der Waals surface area contributed by atoms with Crippen molar-refractivity contribution in [2.75, 3.05) is 26.3 Å². The van der Waals surface area contributed by atoms with Crippen LogP contribution < -0.4 is 9.47 Å². The summed E-state index contributed by atoms with van der Waals surface area (Å²) in [6.07, 6.45) is 3.39. The number of thiophene rings is 1. The van der Waals surface area contributed by atoms with Crippen LogP contribution in [0.2, 0.25) is 0 Å². The lowest BCUT2D eigenvalue weighted by atomic mass is 10.0. The van der Waals surface area contributed by atoms with E-state index in [-0.39, 0.29) is 30.7 Å². The number of likely N-dealkylation sites (tertiary alicyclic amines) is 1. The number of nitrogens with zero attached hydrogens (tertiary/aromatic N) is 2. The average Bonchev–Trinajstić information content (AvgIpc) is 3.46. The number of carbonyl (C=O) groups is 2. The molecule has 0 N–H and O–H groups in total. The summed E-state index contributed by atoms with van der Waals surface area (Å²) in [7, 11) is 0. The molecule has 5 rings (SSSR count). The summed E-state index contributed by atoms with van der Waals surface area (Å²) >= 11 is 1.77. The minimum absolute atomic E-state index is 0.0479. The molecule has 0 spiro atoms. The normalized spacial score (nSPS) is 20.2. The number of benzene rings is 1. The van der Waals surface area contributed by atoms with Gasteiger partial charge in [0.15, 0.2) is 11.5 Å². The van der Waals surface area contributed by atoms with Crippen molar-refractivity contribution < 1.29 is 19.1 Å². The van der Waals surface area contributed by atoms with Gasteiger partial charge in [0.2, 0.25) is 11.8 Å². The van der Waals surface area contributed by atoms with Crippen LogP contribution in [0.15, 0.2) is 29.6 Å². The highest BCUT2D eigenvalue weighted by molar-refractivity contribution is 7.10. The first-order chi connectivity index (χ1) is 14.7. The number of rotatable bonds is 4. The Balaban J connectivity index is 1.20. The molecule has 0 bridgehead atoms. The molecule has 0 saturated carbocycles. The van der Waals surface area contributed by atoms with Gasteiger partial charge in [-0.2, -0.15) is 0 Å². The molecule has 1 atom stereocenters. The number of hydrogen-bond acceptors (Lipinski definition) is 5. The number of hydrogen-bond donors (Lipinski definition) is 0. The fourth-order valence-electron chi connectivity index (χ4n) is 4.66. The third-order valence-corrected chi connectivity index (χ3v) is 7.26. The van der Waals surface area contributed by atoms with E-state index in [0.29, 0.717) is 19.8 Å². The van der Waals surface area contributed by atoms with Gasteiger partial charge in [0.1, 0.15) is 13.2 Å². The summed E-state index contributed by atoms with van der Waals surface area (Å²) in [5.41, 5.74) is 2.33. The smallest absolute Gasteiger partial charge is 0.223 e. The van der Waals surface area contributed by atoms with Crippen LogP contribution >= 0.6 is 11.3 Å². The molecule has 1 saturated heterocycles. The van der Waals surface area contributed by atoms with E-state index in [1.165, 1.54) is 10.4 Å². The number of ether oxygens (including phenoxy) is 2. The molecule has 6 nitrogen and oxygen atoms in total. The Morgan fingerprint density at radius 3 is 2.77 bits per heavy atom. The van der Waals surface area contributed by atoms with Gasteiger partial charge in [-0.25, -0.2) is 0 Å². The van der Waals surface area contributed by atoms with Crippen LogP contribution in [0, 0.1) is 0 Å². The molecule has 4 heterocycles. The summed E-state index contributed by atoms with van der Waals surface area (Å²) in [6.45, 7) is 3.29. The molecule has 3 aliphatic heterocycles. The van der Waals surface area contributed by atoms with Gasteiger partial charge >= 0.3 is 0 Å². The maximum Gasteiger partial charge on any atom is 0.223 e. The fraction of sp³-hybridized carbons (Fsp3) is 0.478. The quantitative estimate of drug-likeness (QED) is 0.750. The van der Waals surface area contributed by atoms with Crippen LogP contribution in [-0.4, -0.2) is 47.9 Å². The Hall–Kier alpha value is -2.54. The Bertz CT molecular complexity index is 956. The topological polar surface area (TPSA) is 59.1 Å². The van der Waals surface area contributed by atoms with Gasteiger partial charge in [0, 0.05) is 37.4 Å². The Morgan fingerprint density at radius 1 is 1.03 bits per heavy atom. The molecule has 0 radical (unpaired) electrons. The molecular weight excluding hydrogens is 400 g/mol. The van der Waals surface area contributed by atoms with Crippen molar-refractivity contribution in [2.24, 2.45) is 0 Å². The Kier molecular flexibility index (Phi) is 5.37. The lowest BCUT2D eigenvalue weighted by molar-refractivity contribution is -0.138. The maximum atomic E-state index is 13.0. The first kappa shape index (κ1) is 19.4. The van der Waals surface area contributed by atoms with Gasteiger partial charge in [-0.3, -0.25) is 9.59 Å². The summed E-state index contributed by atoms with van der Waals surface area (Å²) in [4.78, 5) is 30.9. The maximum absolute atomic E-state index is 13.0. The lowest BCUT2D eigenvalue weighted by Gasteiger charge is -2.28. The standard InChI is InChI=1S/C23H26N2O4S/c26-22(24-10-7-21-17(15-24)8-13-30-21)5-6-23(27)25-9-1-2-18(25)16-3-4-19-20(14-16)29-12-11-28-19/h3-4,8,13-14,18H,1-2,5-7,9-12,15H2. The highest BCUT2D eigenvalue weighted by atomic mass is 32.1. The van der Waals surface area contributed by atoms with Crippen LogP contribution in [0.25, 0.3) is 0 Å². The van der Waals surface area contributed by atoms with Crippen LogP contribution in [0.4, 0.5) is 0 Å². The summed E-state index contributed by atoms with van der Waals surface area (Å²) in [5.74, 6) is 1.66. The molecule has 3 aliphatic rings. The summed E-state index contributed by atoms with van der Waals surface area (Å²) in [6, 6.07) is 8.12. The third-order valence-electron chi connectivity index (χ3n) is 6.24. The SMILES string of the molecule is O=C(CCC(=O)N1CCCC1c1ccc2c(c1)OCCO2)N1CCc2sccc2C1. The largest absolute Gasteiger partial charge is 0.486 e. The van der Waals surface area contributed by atoms with Crippen LogP contribution in [-0.2, 0) is 22.6 Å². The molecule has 2 aromatic rings. The van der Waals surface area contributed by atoms with Gasteiger partial charge in [-0.15, -0.1) is 11.3 Å². The molecule has 2 amide bonds. The molecule has 1 aromatic heterocycles. The van der Waals surface area contributed by atoms with Gasteiger partial charge in [-0.1, -0.05) is 6.07 Å². The molecular formula is C23H26N2O4S. The number of amides is 2. The molecule has 1 unspecified atom stereocenters. The Labute approximate surface area is 180 Å². The van der Waals surface area contributed by atoms with E-state index < -0.39 is 0 Å². The second-order valence-electron chi connectivity index (χ2n) is 8.08. The zero-order chi connectivity index (χ0) is 20.5. The van der Waals surface area contributed by atoms with Crippen LogP contribution in [0.1, 0.15) is 47.7 Å². The molecule has 0 aliphatic carbocycles. The van der Waals surface area contributed by atoms with Gasteiger partial charge in [0.05, 0.1) is 6.04 Å². The van der Waals surface area contributed by atoms with Crippen molar-refractivity contribution >= 4 is 23.2 Å². The first-order valence-electron chi connectivity index (χ1n) is 10.7. The second-order valence-corrected chi connectivity index (χ2v) is 9.08. The lowest BCUT2D eigenvalue weighted by Crippen LogP contribution is -2.36. The fourth-order valence-corrected chi connectivity index (χ4v) is 5.55. The summed E-state index contributed by atoms with van der Waals surface area (Å²) in [5, 5.41) is 2.09. The zero-order valence-corrected chi connectivity index (χ0v) is 17.8. The van der Waals surface area contributed by atoms with E-state index in [9.17, 15) is 9.59 Å². The van der Waals surface area contributed by atoms with Gasteiger partial charge in [0.25, 0.3) is 0 Å². The second kappa shape index (κ2) is 8.30. The van der Waals surface area contributed by atoms with Gasteiger partial charge < -0.3 is 19.3 Å². The van der Waals surface area contributed by atoms with E-state index in [2.05, 4.69) is 11.4 Å². The number of carbonyl (C=O) groups excluding carboxylic acids is 2. The van der Waals surface area contributed by atoms with E-state index in [1.54, 1.807) is 11.3 Å². The van der Waals surface area contributed by atoms with E-state index >= 15 is 0 Å². The minimum atomic E-state index is 0.0479. The number of fused-ring (bicyclic) bond motifs is 2. The van der Waals surface area contributed by atoms with Crippen molar-refractivity contribution in [3.8, 4) is 11.5 Å². The highest BCUT2D eigenvalue weighted by Gasteiger charge is 2.31. The van der Waals surface area contributed by atoms with Crippen LogP contribution in [0.5, 0.6) is 11.5 Å². The zero-order valence-electron chi connectivity index (χ0n) is 17.0. The molecule has 158 valence electrons. The first-order valence-corrected chi connectivity index (χ1v) is 11.6. The summed E-state index contributed by atoms with van der Waals surface area (Å²) < 4.78 is 11.3. The van der Waals surface area contributed by atoms with Crippen LogP contribution in [0.3, 0.4) is 0 Å². The van der Waals surface area contributed by atoms with Crippen molar-refractivity contribution in [1.29, 1.82) is 0 Å². The molecule has 1 aromatic carbocycles. The Morgan fingerprint density at radius 2 is 1.87 bits per heavy atom. The average molecular weight is 427 g/mol. The van der Waals surface area contributed by atoms with E-state index in [1.807, 2.05) is 28.0 Å². The molecule has 1 fully saturated rings. The van der Waals surface area contributed by atoms with Gasteiger partial charge in [-0.05, 0) is 54.0 Å². The predicted molar refractivity (Wildman–Crippen MR) is 114 cm³/mol. The van der Waals surface area contributed by atoms with Crippen molar-refractivity contribution in [3.63, 3.8) is 0 Å².